The van der Waals surface area contributed by atoms with E-state index in [4.69, 9.17) is 0 Å². The van der Waals surface area contributed by atoms with Crippen LogP contribution in [0.25, 0.3) is 11.1 Å². The third-order valence-corrected chi connectivity index (χ3v) is 6.22. The summed E-state index contributed by atoms with van der Waals surface area (Å²) in [5.41, 5.74) is 1.32. The molecule has 1 unspecified atom stereocenters. The summed E-state index contributed by atoms with van der Waals surface area (Å²) in [7, 11) is -3.37. The molecule has 5 nitrogen and oxygen atoms in total. The number of hydrogen-bond donors (Lipinski definition) is 2. The van der Waals surface area contributed by atoms with E-state index >= 15 is 0 Å². The molecule has 3 aromatic carbocycles. The van der Waals surface area contributed by atoms with Gasteiger partial charge in [0.15, 0.2) is 0 Å². The number of halogens is 3. The predicted octanol–water partition coefficient (Wildman–Crippen LogP) is 4.64. The van der Waals surface area contributed by atoms with Crippen molar-refractivity contribution in [2.75, 3.05) is 11.6 Å². The van der Waals surface area contributed by atoms with Crippen LogP contribution < -0.4 is 10.0 Å². The van der Waals surface area contributed by atoms with Crippen LogP contribution in [0, 0.1) is 0 Å². The number of amides is 1. The number of alkyl halides is 3. The molecule has 172 valence electrons. The Kier molecular flexibility index (Phi) is 6.02. The summed E-state index contributed by atoms with van der Waals surface area (Å²) in [6.07, 6.45) is -2.68. The Morgan fingerprint density at radius 1 is 0.939 bits per heavy atom. The van der Waals surface area contributed by atoms with E-state index in [9.17, 15) is 26.4 Å². The number of sulfonamides is 1. The normalized spacial score (nSPS) is 15.8. The van der Waals surface area contributed by atoms with Crippen molar-refractivity contribution in [2.45, 2.75) is 25.1 Å². The minimum Gasteiger partial charge on any atom is -0.322 e. The van der Waals surface area contributed by atoms with Crippen molar-refractivity contribution in [1.82, 2.24) is 4.72 Å². The molecule has 2 N–H and O–H groups in total. The van der Waals surface area contributed by atoms with Gasteiger partial charge in [-0.25, -0.2) is 13.1 Å². The molecular weight excluding hydrogens is 453 g/mol. The van der Waals surface area contributed by atoms with Gasteiger partial charge in [0.1, 0.15) is 0 Å². The van der Waals surface area contributed by atoms with Gasteiger partial charge in [-0.2, -0.15) is 13.2 Å². The van der Waals surface area contributed by atoms with Crippen LogP contribution in [0.3, 0.4) is 0 Å². The molecular formula is C24H21F3N2O3S. The third kappa shape index (κ3) is 5.26. The maximum absolute atomic E-state index is 13.8. The molecule has 0 spiro atoms. The molecule has 0 saturated heterocycles. The second-order valence-electron chi connectivity index (χ2n) is 8.02. The molecule has 4 rings (SSSR count). The number of rotatable bonds is 5. The number of fused-ring (bicyclic) bond motifs is 1. The van der Waals surface area contributed by atoms with E-state index < -0.39 is 33.2 Å². The topological polar surface area (TPSA) is 75.3 Å². The number of anilines is 1. The number of hydrogen-bond acceptors (Lipinski definition) is 3. The van der Waals surface area contributed by atoms with Crippen LogP contribution in [0.5, 0.6) is 0 Å². The molecule has 0 fully saturated rings. The molecule has 1 amide bonds. The van der Waals surface area contributed by atoms with E-state index in [2.05, 4.69) is 10.0 Å². The second-order valence-corrected chi connectivity index (χ2v) is 9.80. The molecule has 3 aromatic rings. The first-order valence-corrected chi connectivity index (χ1v) is 12.1. The van der Waals surface area contributed by atoms with Gasteiger partial charge >= 0.3 is 6.18 Å². The standard InChI is InChI=1S/C24H21F3N2O3S/c1-33(31,32)29-19-12-16-10-11-18(13-17(16)14-19)28-23(30)22-20(15-6-3-2-4-7-15)8-5-9-21(22)24(25,26)27/h2-11,13,19,29H,12,14H2,1H3,(H,28,30). The van der Waals surface area contributed by atoms with E-state index in [0.29, 0.717) is 24.1 Å². The summed E-state index contributed by atoms with van der Waals surface area (Å²) < 4.78 is 66.9. The van der Waals surface area contributed by atoms with Gasteiger partial charge in [-0.15, -0.1) is 0 Å². The summed E-state index contributed by atoms with van der Waals surface area (Å²) in [5.74, 6) is -0.870. The first-order valence-electron chi connectivity index (χ1n) is 10.2. The van der Waals surface area contributed by atoms with Crippen LogP contribution in [0.15, 0.2) is 66.7 Å². The maximum Gasteiger partial charge on any atom is 0.417 e. The minimum absolute atomic E-state index is 0.182. The molecule has 9 heteroatoms. The van der Waals surface area contributed by atoms with Crippen LogP contribution in [-0.4, -0.2) is 26.6 Å². The highest BCUT2D eigenvalue weighted by molar-refractivity contribution is 7.88. The average molecular weight is 475 g/mol. The molecule has 0 aliphatic heterocycles. The Hall–Kier alpha value is -3.17. The lowest BCUT2D eigenvalue weighted by atomic mass is 9.94. The molecule has 33 heavy (non-hydrogen) atoms. The van der Waals surface area contributed by atoms with Gasteiger partial charge in [-0.05, 0) is 53.3 Å². The van der Waals surface area contributed by atoms with E-state index in [1.165, 1.54) is 12.1 Å². The predicted molar refractivity (Wildman–Crippen MR) is 120 cm³/mol. The van der Waals surface area contributed by atoms with Gasteiger partial charge in [0.05, 0.1) is 17.4 Å². The molecule has 0 heterocycles. The highest BCUT2D eigenvalue weighted by Crippen LogP contribution is 2.37. The molecule has 0 saturated carbocycles. The Morgan fingerprint density at radius 2 is 1.64 bits per heavy atom. The zero-order valence-electron chi connectivity index (χ0n) is 17.6. The lowest BCUT2D eigenvalue weighted by molar-refractivity contribution is -0.137. The van der Waals surface area contributed by atoms with E-state index in [0.717, 1.165) is 23.4 Å². The van der Waals surface area contributed by atoms with Crippen LogP contribution >= 0.6 is 0 Å². The van der Waals surface area contributed by atoms with Crippen molar-refractivity contribution in [3.05, 3.63) is 89.0 Å². The average Bonchev–Trinajstić information content (AvgIpc) is 3.12. The summed E-state index contributed by atoms with van der Waals surface area (Å²) >= 11 is 0. The number of benzene rings is 3. The lowest BCUT2D eigenvalue weighted by Gasteiger charge is -2.17. The highest BCUT2D eigenvalue weighted by atomic mass is 32.2. The number of nitrogens with one attached hydrogen (secondary N) is 2. The van der Waals surface area contributed by atoms with Crippen molar-refractivity contribution in [3.8, 4) is 11.1 Å². The SMILES string of the molecule is CS(=O)(=O)NC1Cc2ccc(NC(=O)c3c(-c4ccccc4)cccc3C(F)(F)F)cc2C1. The Labute approximate surface area is 189 Å². The van der Waals surface area contributed by atoms with Gasteiger partial charge in [-0.3, -0.25) is 4.79 Å². The van der Waals surface area contributed by atoms with Crippen molar-refractivity contribution in [2.24, 2.45) is 0 Å². The van der Waals surface area contributed by atoms with Gasteiger partial charge in [0.25, 0.3) is 5.91 Å². The van der Waals surface area contributed by atoms with Crippen LogP contribution in [0.2, 0.25) is 0 Å². The molecule has 0 aromatic heterocycles. The number of carbonyl (C=O) groups excluding carboxylic acids is 1. The van der Waals surface area contributed by atoms with Crippen LogP contribution in [0.1, 0.15) is 27.0 Å². The van der Waals surface area contributed by atoms with E-state index in [1.807, 2.05) is 0 Å². The quantitative estimate of drug-likeness (QED) is 0.566. The first kappa shape index (κ1) is 23.0. The fraction of sp³-hybridized carbons (Fsp3) is 0.208. The third-order valence-electron chi connectivity index (χ3n) is 5.46. The fourth-order valence-corrected chi connectivity index (χ4v) is 4.94. The Bertz CT molecular complexity index is 1310. The maximum atomic E-state index is 13.8. The fourth-order valence-electron chi connectivity index (χ4n) is 4.17. The molecule has 0 bridgehead atoms. The summed E-state index contributed by atoms with van der Waals surface area (Å²) in [4.78, 5) is 13.1. The summed E-state index contributed by atoms with van der Waals surface area (Å²) in [5, 5.41) is 2.60. The molecule has 0 radical (unpaired) electrons. The lowest BCUT2D eigenvalue weighted by Crippen LogP contribution is -2.34. The van der Waals surface area contributed by atoms with Crippen molar-refractivity contribution in [3.63, 3.8) is 0 Å². The summed E-state index contributed by atoms with van der Waals surface area (Å²) in [6, 6.07) is 16.8. The monoisotopic (exact) mass is 474 g/mol. The van der Waals surface area contributed by atoms with Gasteiger partial charge in [0, 0.05) is 11.7 Å². The second kappa shape index (κ2) is 8.64. The van der Waals surface area contributed by atoms with E-state index in [1.54, 1.807) is 48.5 Å². The zero-order valence-corrected chi connectivity index (χ0v) is 18.4. The molecule has 1 aliphatic rings. The molecule has 1 aliphatic carbocycles. The van der Waals surface area contributed by atoms with Crippen molar-refractivity contribution in [1.29, 1.82) is 0 Å². The largest absolute Gasteiger partial charge is 0.417 e. The van der Waals surface area contributed by atoms with Crippen molar-refractivity contribution < 1.29 is 26.4 Å². The van der Waals surface area contributed by atoms with Crippen molar-refractivity contribution >= 4 is 21.6 Å². The van der Waals surface area contributed by atoms with E-state index in [-0.39, 0.29) is 11.6 Å². The van der Waals surface area contributed by atoms with Gasteiger partial charge in [0.2, 0.25) is 10.0 Å². The smallest absolute Gasteiger partial charge is 0.322 e. The van der Waals surface area contributed by atoms with Gasteiger partial charge in [-0.1, -0.05) is 48.5 Å². The minimum atomic E-state index is -4.71. The Balaban J connectivity index is 1.66. The summed E-state index contributed by atoms with van der Waals surface area (Å²) in [6.45, 7) is 0. The molecule has 1 atom stereocenters. The number of carbonyl (C=O) groups is 1. The van der Waals surface area contributed by atoms with Gasteiger partial charge < -0.3 is 5.32 Å². The first-order chi connectivity index (χ1) is 15.5. The zero-order chi connectivity index (χ0) is 23.8. The Morgan fingerprint density at radius 3 is 2.30 bits per heavy atom. The highest BCUT2D eigenvalue weighted by Gasteiger charge is 2.36. The van der Waals surface area contributed by atoms with Crippen LogP contribution in [-0.2, 0) is 29.0 Å². The van der Waals surface area contributed by atoms with Crippen LogP contribution in [0.4, 0.5) is 18.9 Å².